The average Bonchev–Trinajstić information content (AvgIpc) is 3.08. The summed E-state index contributed by atoms with van der Waals surface area (Å²) in [6, 6.07) is 4.78. The number of nitrogens with zero attached hydrogens (tertiary/aromatic N) is 1. The highest BCUT2D eigenvalue weighted by Crippen LogP contribution is 2.31. The molecule has 1 aromatic heterocycles. The van der Waals surface area contributed by atoms with Crippen molar-refractivity contribution in [2.24, 2.45) is 5.92 Å². The predicted octanol–water partition coefficient (Wildman–Crippen LogP) is 4.32. The molecule has 0 saturated heterocycles. The summed E-state index contributed by atoms with van der Waals surface area (Å²) in [5, 5.41) is 7.42. The molecule has 0 bridgehead atoms. The summed E-state index contributed by atoms with van der Waals surface area (Å²) in [5.41, 5.74) is -0.685. The Morgan fingerprint density at radius 3 is 2.50 bits per heavy atom. The summed E-state index contributed by atoms with van der Waals surface area (Å²) in [7, 11) is 0. The molecule has 0 unspecified atom stereocenters. The SMILES string of the molecule is CC(=O)N[C@@H](CC(C)C)c1nc(C(=O)NCc2ccccc2C(F)(F)F)cs1. The number of hydrogen-bond donors (Lipinski definition) is 2. The van der Waals surface area contributed by atoms with Crippen LogP contribution in [-0.2, 0) is 17.5 Å². The fourth-order valence-corrected chi connectivity index (χ4v) is 3.57. The normalized spacial score (nSPS) is 12.7. The zero-order chi connectivity index (χ0) is 20.9. The molecule has 0 fully saturated rings. The Balaban J connectivity index is 2.09. The lowest BCUT2D eigenvalue weighted by atomic mass is 10.0. The van der Waals surface area contributed by atoms with E-state index in [0.29, 0.717) is 17.3 Å². The van der Waals surface area contributed by atoms with E-state index in [0.717, 1.165) is 6.07 Å². The third-order valence-corrected chi connectivity index (χ3v) is 4.86. The number of benzene rings is 1. The van der Waals surface area contributed by atoms with Crippen LogP contribution in [0.2, 0.25) is 0 Å². The number of thiazole rings is 1. The Labute approximate surface area is 165 Å². The van der Waals surface area contributed by atoms with Gasteiger partial charge in [-0.3, -0.25) is 9.59 Å². The smallest absolute Gasteiger partial charge is 0.347 e. The zero-order valence-electron chi connectivity index (χ0n) is 15.8. The maximum absolute atomic E-state index is 13.0. The maximum Gasteiger partial charge on any atom is 0.416 e. The molecule has 2 rings (SSSR count). The van der Waals surface area contributed by atoms with Gasteiger partial charge in [-0.15, -0.1) is 11.3 Å². The van der Waals surface area contributed by atoms with Crippen LogP contribution in [0.15, 0.2) is 29.6 Å². The fourth-order valence-electron chi connectivity index (χ4n) is 2.71. The van der Waals surface area contributed by atoms with E-state index < -0.39 is 17.6 Å². The van der Waals surface area contributed by atoms with Crippen molar-refractivity contribution in [3.63, 3.8) is 0 Å². The summed E-state index contributed by atoms with van der Waals surface area (Å²) in [5.74, 6) is -0.460. The van der Waals surface area contributed by atoms with E-state index in [1.807, 2.05) is 13.8 Å². The maximum atomic E-state index is 13.0. The Hall–Kier alpha value is -2.42. The van der Waals surface area contributed by atoms with E-state index in [-0.39, 0.29) is 29.8 Å². The number of amides is 2. The van der Waals surface area contributed by atoms with Crippen molar-refractivity contribution in [1.29, 1.82) is 0 Å². The van der Waals surface area contributed by atoms with Crippen LogP contribution in [0.5, 0.6) is 0 Å². The van der Waals surface area contributed by atoms with Gasteiger partial charge in [-0.05, 0) is 24.0 Å². The first kappa shape index (κ1) is 21.9. The highest BCUT2D eigenvalue weighted by Gasteiger charge is 2.32. The first-order chi connectivity index (χ1) is 13.1. The first-order valence-corrected chi connectivity index (χ1v) is 9.61. The van der Waals surface area contributed by atoms with Gasteiger partial charge < -0.3 is 10.6 Å². The summed E-state index contributed by atoms with van der Waals surface area (Å²) in [4.78, 5) is 28.0. The lowest BCUT2D eigenvalue weighted by molar-refractivity contribution is -0.138. The van der Waals surface area contributed by atoms with Crippen LogP contribution in [-0.4, -0.2) is 16.8 Å². The molecule has 0 saturated carbocycles. The van der Waals surface area contributed by atoms with Gasteiger partial charge in [-0.1, -0.05) is 32.0 Å². The van der Waals surface area contributed by atoms with Gasteiger partial charge in [0.15, 0.2) is 0 Å². The molecule has 5 nitrogen and oxygen atoms in total. The minimum absolute atomic E-state index is 0.0188. The third kappa shape index (κ3) is 6.05. The molecule has 152 valence electrons. The summed E-state index contributed by atoms with van der Waals surface area (Å²) in [6.07, 6.45) is -3.83. The van der Waals surface area contributed by atoms with Crippen molar-refractivity contribution in [1.82, 2.24) is 15.6 Å². The molecule has 1 atom stereocenters. The number of alkyl halides is 3. The minimum atomic E-state index is -4.49. The van der Waals surface area contributed by atoms with Crippen molar-refractivity contribution in [3.05, 3.63) is 51.5 Å². The van der Waals surface area contributed by atoms with Crippen LogP contribution in [0, 0.1) is 5.92 Å². The van der Waals surface area contributed by atoms with Crippen LogP contribution in [0.1, 0.15) is 59.9 Å². The molecular formula is C19H22F3N3O2S. The van der Waals surface area contributed by atoms with Gasteiger partial charge in [0.2, 0.25) is 5.91 Å². The molecule has 1 aromatic carbocycles. The zero-order valence-corrected chi connectivity index (χ0v) is 16.6. The molecule has 0 aliphatic rings. The van der Waals surface area contributed by atoms with E-state index in [1.54, 1.807) is 0 Å². The molecule has 1 heterocycles. The number of halogens is 3. The van der Waals surface area contributed by atoms with Crippen molar-refractivity contribution >= 4 is 23.2 Å². The van der Waals surface area contributed by atoms with Crippen LogP contribution in [0.25, 0.3) is 0 Å². The van der Waals surface area contributed by atoms with Crippen LogP contribution in [0.3, 0.4) is 0 Å². The third-order valence-electron chi connectivity index (χ3n) is 3.90. The van der Waals surface area contributed by atoms with E-state index in [4.69, 9.17) is 0 Å². The van der Waals surface area contributed by atoms with E-state index in [2.05, 4.69) is 15.6 Å². The summed E-state index contributed by atoms with van der Waals surface area (Å²) >= 11 is 1.23. The first-order valence-electron chi connectivity index (χ1n) is 8.73. The second-order valence-electron chi connectivity index (χ2n) is 6.79. The standard InChI is InChI=1S/C19H22F3N3O2S/c1-11(2)8-15(24-12(3)26)18-25-16(10-28-18)17(27)23-9-13-6-4-5-7-14(13)19(20,21)22/h4-7,10-11,15H,8-9H2,1-3H3,(H,23,27)(H,24,26)/t15-/m0/s1. The highest BCUT2D eigenvalue weighted by molar-refractivity contribution is 7.09. The van der Waals surface area contributed by atoms with E-state index in [1.165, 1.54) is 41.8 Å². The molecule has 2 aromatic rings. The monoisotopic (exact) mass is 413 g/mol. The van der Waals surface area contributed by atoms with Crippen molar-refractivity contribution in [2.45, 2.75) is 46.0 Å². The number of carbonyl (C=O) groups is 2. The Morgan fingerprint density at radius 2 is 1.89 bits per heavy atom. The molecular weight excluding hydrogens is 391 g/mol. The van der Waals surface area contributed by atoms with E-state index >= 15 is 0 Å². The molecule has 2 amide bonds. The van der Waals surface area contributed by atoms with Crippen molar-refractivity contribution in [3.8, 4) is 0 Å². The number of aromatic nitrogens is 1. The van der Waals surface area contributed by atoms with Gasteiger partial charge in [0, 0.05) is 18.8 Å². The number of carbonyl (C=O) groups excluding carboxylic acids is 2. The number of nitrogens with one attached hydrogen (secondary N) is 2. The van der Waals surface area contributed by atoms with Crippen LogP contribution in [0.4, 0.5) is 13.2 Å². The minimum Gasteiger partial charge on any atom is -0.347 e. The lowest BCUT2D eigenvalue weighted by Gasteiger charge is -2.17. The van der Waals surface area contributed by atoms with Gasteiger partial charge in [-0.2, -0.15) is 13.2 Å². The van der Waals surface area contributed by atoms with Crippen LogP contribution < -0.4 is 10.6 Å². The molecule has 0 aliphatic carbocycles. The Kier molecular flexibility index (Phi) is 7.17. The number of rotatable bonds is 7. The van der Waals surface area contributed by atoms with Crippen molar-refractivity contribution < 1.29 is 22.8 Å². The molecule has 2 N–H and O–H groups in total. The largest absolute Gasteiger partial charge is 0.416 e. The van der Waals surface area contributed by atoms with E-state index in [9.17, 15) is 22.8 Å². The topological polar surface area (TPSA) is 71.1 Å². The quantitative estimate of drug-likeness (QED) is 0.710. The second-order valence-corrected chi connectivity index (χ2v) is 7.68. The second kappa shape index (κ2) is 9.18. The average molecular weight is 413 g/mol. The van der Waals surface area contributed by atoms with Crippen LogP contribution >= 0.6 is 11.3 Å². The van der Waals surface area contributed by atoms with Gasteiger partial charge >= 0.3 is 6.18 Å². The Morgan fingerprint density at radius 1 is 1.21 bits per heavy atom. The molecule has 0 spiro atoms. The van der Waals surface area contributed by atoms with Gasteiger partial charge in [0.05, 0.1) is 11.6 Å². The van der Waals surface area contributed by atoms with Gasteiger partial charge in [-0.25, -0.2) is 4.98 Å². The highest BCUT2D eigenvalue weighted by atomic mass is 32.1. The lowest BCUT2D eigenvalue weighted by Crippen LogP contribution is -2.28. The fraction of sp³-hybridized carbons (Fsp3) is 0.421. The van der Waals surface area contributed by atoms with Gasteiger partial charge in [0.1, 0.15) is 10.7 Å². The molecule has 0 radical (unpaired) electrons. The van der Waals surface area contributed by atoms with Crippen molar-refractivity contribution in [2.75, 3.05) is 0 Å². The summed E-state index contributed by atoms with van der Waals surface area (Å²) in [6.45, 7) is 5.16. The Bertz CT molecular complexity index is 834. The molecule has 28 heavy (non-hydrogen) atoms. The summed E-state index contributed by atoms with van der Waals surface area (Å²) < 4.78 is 39.1. The van der Waals surface area contributed by atoms with Gasteiger partial charge in [0.25, 0.3) is 5.91 Å². The predicted molar refractivity (Wildman–Crippen MR) is 101 cm³/mol. The molecule has 0 aliphatic heterocycles. The molecule has 9 heteroatoms. The number of hydrogen-bond acceptors (Lipinski definition) is 4.